The summed E-state index contributed by atoms with van der Waals surface area (Å²) in [5.74, 6) is 1.16. The second-order valence-corrected chi connectivity index (χ2v) is 9.72. The molecule has 3 aromatic rings. The molecular weight excluding hydrogens is 409 g/mol. The maximum atomic E-state index is 14.0. The van der Waals surface area contributed by atoms with Gasteiger partial charge in [0.25, 0.3) is 0 Å². The summed E-state index contributed by atoms with van der Waals surface area (Å²) in [5, 5.41) is 4.48. The third-order valence-corrected chi connectivity index (χ3v) is 7.48. The number of nitrogens with one attached hydrogen (secondary N) is 1. The van der Waals surface area contributed by atoms with E-state index in [-0.39, 0.29) is 5.82 Å². The molecule has 7 heteroatoms. The fourth-order valence-corrected chi connectivity index (χ4v) is 5.57. The van der Waals surface area contributed by atoms with E-state index in [1.165, 1.54) is 44.6 Å². The number of piperidine rings is 1. The van der Waals surface area contributed by atoms with Crippen molar-refractivity contribution in [3.8, 4) is 21.8 Å². The highest BCUT2D eigenvalue weighted by Gasteiger charge is 2.23. The van der Waals surface area contributed by atoms with Crippen molar-refractivity contribution in [1.29, 1.82) is 0 Å². The van der Waals surface area contributed by atoms with E-state index >= 15 is 0 Å². The molecule has 1 saturated heterocycles. The molecule has 1 aliphatic carbocycles. The standard InChI is InChI=1S/C24H28FN5S/c1-16-10-13-30(14-11-16)24-29-21(17-5-4-6-18(25)15-17)22(31-24)20-9-12-26-23(28-20)27-19-7-2-3-8-19/h4-6,9,12,15-16,19H,2-3,7-8,10-11,13-14H2,1H3,(H,26,27,28). The van der Waals surface area contributed by atoms with Gasteiger partial charge in [-0.05, 0) is 49.8 Å². The number of nitrogens with zero attached hydrogens (tertiary/aromatic N) is 4. The van der Waals surface area contributed by atoms with Crippen molar-refractivity contribution in [1.82, 2.24) is 15.0 Å². The SMILES string of the molecule is CC1CCN(c2nc(-c3cccc(F)c3)c(-c3ccnc(NC4CCCC4)n3)s2)CC1. The maximum absolute atomic E-state index is 14.0. The van der Waals surface area contributed by atoms with Crippen molar-refractivity contribution in [3.63, 3.8) is 0 Å². The molecule has 0 atom stereocenters. The van der Waals surface area contributed by atoms with Gasteiger partial charge in [-0.1, -0.05) is 43.2 Å². The minimum Gasteiger partial charge on any atom is -0.351 e. The number of benzene rings is 1. The highest BCUT2D eigenvalue weighted by atomic mass is 32.1. The predicted molar refractivity (Wildman–Crippen MR) is 125 cm³/mol. The zero-order chi connectivity index (χ0) is 21.2. The Morgan fingerprint density at radius 3 is 2.65 bits per heavy atom. The van der Waals surface area contributed by atoms with E-state index < -0.39 is 0 Å². The average Bonchev–Trinajstić information content (AvgIpc) is 3.45. The van der Waals surface area contributed by atoms with Crippen LogP contribution in [0.2, 0.25) is 0 Å². The predicted octanol–water partition coefficient (Wildman–Crippen LogP) is 6.00. The zero-order valence-electron chi connectivity index (χ0n) is 17.9. The number of thiazole rings is 1. The van der Waals surface area contributed by atoms with E-state index in [1.807, 2.05) is 12.1 Å². The van der Waals surface area contributed by atoms with Crippen LogP contribution in [0.15, 0.2) is 36.5 Å². The molecule has 31 heavy (non-hydrogen) atoms. The second-order valence-electron chi connectivity index (χ2n) is 8.75. The Labute approximate surface area is 186 Å². The summed E-state index contributed by atoms with van der Waals surface area (Å²) in [4.78, 5) is 17.6. The Kier molecular flexibility index (Phi) is 5.85. The van der Waals surface area contributed by atoms with Crippen LogP contribution in [0.4, 0.5) is 15.5 Å². The topological polar surface area (TPSA) is 53.9 Å². The van der Waals surface area contributed by atoms with Crippen molar-refractivity contribution in [3.05, 3.63) is 42.3 Å². The van der Waals surface area contributed by atoms with Gasteiger partial charge in [0.15, 0.2) is 5.13 Å². The quantitative estimate of drug-likeness (QED) is 0.531. The average molecular weight is 438 g/mol. The molecule has 3 heterocycles. The molecule has 5 rings (SSSR count). The third-order valence-electron chi connectivity index (χ3n) is 6.34. The van der Waals surface area contributed by atoms with Crippen LogP contribution in [0.3, 0.4) is 0 Å². The summed E-state index contributed by atoms with van der Waals surface area (Å²) in [7, 11) is 0. The monoisotopic (exact) mass is 437 g/mol. The molecule has 1 aromatic carbocycles. The van der Waals surface area contributed by atoms with Crippen LogP contribution in [0.1, 0.15) is 45.4 Å². The lowest BCUT2D eigenvalue weighted by atomic mass is 10.00. The van der Waals surface area contributed by atoms with E-state index in [2.05, 4.69) is 22.1 Å². The number of hydrogen-bond donors (Lipinski definition) is 1. The largest absolute Gasteiger partial charge is 0.351 e. The van der Waals surface area contributed by atoms with E-state index in [0.717, 1.165) is 46.0 Å². The fraction of sp³-hybridized carbons (Fsp3) is 0.458. The maximum Gasteiger partial charge on any atom is 0.223 e. The molecular formula is C24H28FN5S. The van der Waals surface area contributed by atoms with Crippen LogP contribution < -0.4 is 10.2 Å². The van der Waals surface area contributed by atoms with Gasteiger partial charge in [0.1, 0.15) is 5.82 Å². The zero-order valence-corrected chi connectivity index (χ0v) is 18.7. The number of halogens is 1. The summed E-state index contributed by atoms with van der Waals surface area (Å²) < 4.78 is 14.0. The molecule has 2 aromatic heterocycles. The Balaban J connectivity index is 1.52. The van der Waals surface area contributed by atoms with Gasteiger partial charge in [-0.2, -0.15) is 0 Å². The lowest BCUT2D eigenvalue weighted by Crippen LogP contribution is -2.32. The Morgan fingerprint density at radius 1 is 1.06 bits per heavy atom. The number of anilines is 2. The number of rotatable bonds is 5. The first-order chi connectivity index (χ1) is 15.2. The van der Waals surface area contributed by atoms with Crippen LogP contribution in [0.25, 0.3) is 21.8 Å². The van der Waals surface area contributed by atoms with E-state index in [9.17, 15) is 4.39 Å². The lowest BCUT2D eigenvalue weighted by molar-refractivity contribution is 0.438. The van der Waals surface area contributed by atoms with Crippen molar-refractivity contribution in [2.45, 2.75) is 51.5 Å². The molecule has 5 nitrogen and oxygen atoms in total. The Bertz CT molecular complexity index is 1040. The first-order valence-corrected chi connectivity index (χ1v) is 12.1. The third kappa shape index (κ3) is 4.56. The highest BCUT2D eigenvalue weighted by Crippen LogP contribution is 2.41. The summed E-state index contributed by atoms with van der Waals surface area (Å²) in [6, 6.07) is 9.06. The normalized spacial score (nSPS) is 17.9. The van der Waals surface area contributed by atoms with Gasteiger partial charge in [0.05, 0.1) is 16.3 Å². The molecule has 0 amide bonds. The Morgan fingerprint density at radius 2 is 1.87 bits per heavy atom. The van der Waals surface area contributed by atoms with Gasteiger partial charge in [0, 0.05) is 30.9 Å². The van der Waals surface area contributed by atoms with Gasteiger partial charge >= 0.3 is 0 Å². The fourth-order valence-electron chi connectivity index (χ4n) is 4.46. The molecule has 0 spiro atoms. The van der Waals surface area contributed by atoms with E-state index in [1.54, 1.807) is 29.7 Å². The highest BCUT2D eigenvalue weighted by molar-refractivity contribution is 7.19. The summed E-state index contributed by atoms with van der Waals surface area (Å²) in [6.07, 6.45) is 9.00. The van der Waals surface area contributed by atoms with Crippen molar-refractivity contribution >= 4 is 22.4 Å². The van der Waals surface area contributed by atoms with Gasteiger partial charge < -0.3 is 10.2 Å². The summed E-state index contributed by atoms with van der Waals surface area (Å²) in [5.41, 5.74) is 2.42. The van der Waals surface area contributed by atoms with Gasteiger partial charge in [-0.3, -0.25) is 0 Å². The molecule has 0 radical (unpaired) electrons. The molecule has 1 N–H and O–H groups in total. The minimum absolute atomic E-state index is 0.254. The van der Waals surface area contributed by atoms with Crippen LogP contribution in [-0.4, -0.2) is 34.1 Å². The van der Waals surface area contributed by atoms with Crippen molar-refractivity contribution in [2.24, 2.45) is 5.92 Å². The minimum atomic E-state index is -0.254. The number of hydrogen-bond acceptors (Lipinski definition) is 6. The molecule has 0 unspecified atom stereocenters. The summed E-state index contributed by atoms with van der Waals surface area (Å²) >= 11 is 1.65. The molecule has 1 saturated carbocycles. The van der Waals surface area contributed by atoms with Crippen molar-refractivity contribution in [2.75, 3.05) is 23.3 Å². The van der Waals surface area contributed by atoms with Crippen LogP contribution in [-0.2, 0) is 0 Å². The second kappa shape index (κ2) is 8.91. The van der Waals surface area contributed by atoms with Gasteiger partial charge in [-0.25, -0.2) is 19.3 Å². The Hall–Kier alpha value is -2.54. The molecule has 2 fully saturated rings. The summed E-state index contributed by atoms with van der Waals surface area (Å²) in [6.45, 7) is 4.33. The molecule has 2 aliphatic rings. The molecule has 0 bridgehead atoms. The van der Waals surface area contributed by atoms with Gasteiger partial charge in [0.2, 0.25) is 5.95 Å². The van der Waals surface area contributed by atoms with Gasteiger partial charge in [-0.15, -0.1) is 0 Å². The molecule has 162 valence electrons. The first kappa shape index (κ1) is 20.4. The first-order valence-electron chi connectivity index (χ1n) is 11.3. The van der Waals surface area contributed by atoms with Crippen LogP contribution in [0.5, 0.6) is 0 Å². The number of aromatic nitrogens is 3. The smallest absolute Gasteiger partial charge is 0.223 e. The van der Waals surface area contributed by atoms with E-state index in [4.69, 9.17) is 9.97 Å². The molecule has 1 aliphatic heterocycles. The lowest BCUT2D eigenvalue weighted by Gasteiger charge is -2.29. The van der Waals surface area contributed by atoms with Crippen LogP contribution >= 0.6 is 11.3 Å². The van der Waals surface area contributed by atoms with Crippen LogP contribution in [0, 0.1) is 11.7 Å². The van der Waals surface area contributed by atoms with Crippen molar-refractivity contribution < 1.29 is 4.39 Å². The van der Waals surface area contributed by atoms with E-state index in [0.29, 0.717) is 12.0 Å².